The first-order valence-electron chi connectivity index (χ1n) is 5.39. The number of Topliss-reactive ketones (excluding diaryl/α,β-unsaturated/α-hetero) is 1. The summed E-state index contributed by atoms with van der Waals surface area (Å²) in [6.07, 6.45) is 7.54. The highest BCUT2D eigenvalue weighted by atomic mass is 16.1. The average molecular weight is 178 g/mol. The summed E-state index contributed by atoms with van der Waals surface area (Å²) in [6.45, 7) is 4.49. The zero-order chi connectivity index (χ0) is 9.42. The van der Waals surface area contributed by atoms with Crippen LogP contribution in [-0.4, -0.2) is 5.78 Å². The molecule has 0 saturated heterocycles. The molecule has 0 aromatic carbocycles. The maximum absolute atomic E-state index is 11.8. The number of rotatable bonds is 0. The van der Waals surface area contributed by atoms with Gasteiger partial charge in [0.25, 0.3) is 0 Å². The van der Waals surface area contributed by atoms with E-state index in [1.54, 1.807) is 0 Å². The van der Waals surface area contributed by atoms with E-state index in [0.29, 0.717) is 23.5 Å². The second-order valence-corrected chi connectivity index (χ2v) is 4.69. The Morgan fingerprint density at radius 2 is 2.15 bits per heavy atom. The summed E-state index contributed by atoms with van der Waals surface area (Å²) < 4.78 is 0. The highest BCUT2D eigenvalue weighted by molar-refractivity contribution is 5.82. The Bertz CT molecular complexity index is 242. The standard InChI is InChI=1S/C12H18O/c1-8-6-7-11(13)12-9(2)4-3-5-10(8)12/h3-4,8-10,12H,5-7H2,1-2H3/t8-,9+,10+,12-/m0/s1. The smallest absolute Gasteiger partial charge is 0.136 e. The Hall–Kier alpha value is -0.590. The van der Waals surface area contributed by atoms with Gasteiger partial charge in [-0.25, -0.2) is 0 Å². The lowest BCUT2D eigenvalue weighted by Crippen LogP contribution is -2.38. The van der Waals surface area contributed by atoms with Crippen LogP contribution < -0.4 is 0 Å². The minimum absolute atomic E-state index is 0.341. The van der Waals surface area contributed by atoms with Crippen LogP contribution in [0.4, 0.5) is 0 Å². The second kappa shape index (κ2) is 3.28. The summed E-state index contributed by atoms with van der Waals surface area (Å²) in [7, 11) is 0. The number of carbonyl (C=O) groups excluding carboxylic acids is 1. The molecule has 0 heterocycles. The van der Waals surface area contributed by atoms with E-state index in [2.05, 4.69) is 26.0 Å². The van der Waals surface area contributed by atoms with Crippen LogP contribution in [-0.2, 0) is 4.79 Å². The number of fused-ring (bicyclic) bond motifs is 1. The normalized spacial score (nSPS) is 44.6. The van der Waals surface area contributed by atoms with Crippen LogP contribution in [0.1, 0.15) is 33.1 Å². The molecule has 4 atom stereocenters. The highest BCUT2D eigenvalue weighted by Crippen LogP contribution is 2.41. The molecule has 2 rings (SSSR count). The average Bonchev–Trinajstić information content (AvgIpc) is 2.12. The number of carbonyl (C=O) groups is 1. The molecule has 72 valence electrons. The molecule has 0 bridgehead atoms. The van der Waals surface area contributed by atoms with Crippen molar-refractivity contribution in [1.82, 2.24) is 0 Å². The molecule has 0 spiro atoms. The molecule has 0 N–H and O–H groups in total. The quantitative estimate of drug-likeness (QED) is 0.521. The Kier molecular flexibility index (Phi) is 2.27. The van der Waals surface area contributed by atoms with Crippen LogP contribution in [0, 0.1) is 23.7 Å². The summed E-state index contributed by atoms with van der Waals surface area (Å²) in [5.74, 6) is 2.72. The molecular formula is C12H18O. The van der Waals surface area contributed by atoms with Gasteiger partial charge in [-0.2, -0.15) is 0 Å². The Morgan fingerprint density at radius 1 is 1.38 bits per heavy atom. The zero-order valence-electron chi connectivity index (χ0n) is 8.49. The molecule has 1 nitrogen and oxygen atoms in total. The first-order chi connectivity index (χ1) is 6.20. The van der Waals surface area contributed by atoms with Gasteiger partial charge in [-0.3, -0.25) is 4.79 Å². The number of hydrogen-bond acceptors (Lipinski definition) is 1. The van der Waals surface area contributed by atoms with Crippen molar-refractivity contribution in [3.63, 3.8) is 0 Å². The number of allylic oxidation sites excluding steroid dienone is 2. The van der Waals surface area contributed by atoms with E-state index >= 15 is 0 Å². The Morgan fingerprint density at radius 3 is 2.85 bits per heavy atom. The lowest BCUT2D eigenvalue weighted by atomic mass is 9.64. The largest absolute Gasteiger partial charge is 0.299 e. The van der Waals surface area contributed by atoms with Crippen LogP contribution in [0.25, 0.3) is 0 Å². The van der Waals surface area contributed by atoms with E-state index in [-0.39, 0.29) is 0 Å². The third kappa shape index (κ3) is 1.45. The molecule has 1 saturated carbocycles. The van der Waals surface area contributed by atoms with Crippen LogP contribution in [0.2, 0.25) is 0 Å². The fourth-order valence-electron chi connectivity index (χ4n) is 2.98. The first-order valence-corrected chi connectivity index (χ1v) is 5.39. The molecule has 1 fully saturated rings. The van der Waals surface area contributed by atoms with Gasteiger partial charge in [0.05, 0.1) is 0 Å². The zero-order valence-corrected chi connectivity index (χ0v) is 8.49. The van der Waals surface area contributed by atoms with Gasteiger partial charge in [0.15, 0.2) is 0 Å². The third-order valence-electron chi connectivity index (χ3n) is 3.82. The van der Waals surface area contributed by atoms with Gasteiger partial charge < -0.3 is 0 Å². The summed E-state index contributed by atoms with van der Waals surface area (Å²) in [4.78, 5) is 11.8. The van der Waals surface area contributed by atoms with Crippen LogP contribution >= 0.6 is 0 Å². The van der Waals surface area contributed by atoms with Gasteiger partial charge in [-0.1, -0.05) is 26.0 Å². The van der Waals surface area contributed by atoms with E-state index < -0.39 is 0 Å². The number of hydrogen-bond donors (Lipinski definition) is 0. The summed E-state index contributed by atoms with van der Waals surface area (Å²) in [5.41, 5.74) is 0. The Labute approximate surface area is 80.2 Å². The van der Waals surface area contributed by atoms with Crippen molar-refractivity contribution in [2.45, 2.75) is 33.1 Å². The second-order valence-electron chi connectivity index (χ2n) is 4.69. The maximum Gasteiger partial charge on any atom is 0.136 e. The van der Waals surface area contributed by atoms with Crippen molar-refractivity contribution in [2.75, 3.05) is 0 Å². The Balaban J connectivity index is 2.24. The lowest BCUT2D eigenvalue weighted by Gasteiger charge is -2.39. The molecule has 13 heavy (non-hydrogen) atoms. The SMILES string of the molecule is C[C@@H]1C=CC[C@H]2[C@H]1C(=O)CC[C@@H]2C. The fourth-order valence-corrected chi connectivity index (χ4v) is 2.98. The molecule has 2 aliphatic rings. The summed E-state index contributed by atoms with van der Waals surface area (Å²) in [6, 6.07) is 0. The molecule has 0 aromatic heterocycles. The molecule has 0 amide bonds. The maximum atomic E-state index is 11.8. The van der Waals surface area contributed by atoms with Crippen molar-refractivity contribution in [3.05, 3.63) is 12.2 Å². The first kappa shape index (κ1) is 8.98. The topological polar surface area (TPSA) is 17.1 Å². The third-order valence-corrected chi connectivity index (χ3v) is 3.82. The predicted molar refractivity (Wildman–Crippen MR) is 53.3 cm³/mol. The molecule has 0 aliphatic heterocycles. The van der Waals surface area contributed by atoms with Gasteiger partial charge in [-0.15, -0.1) is 0 Å². The van der Waals surface area contributed by atoms with Crippen molar-refractivity contribution in [1.29, 1.82) is 0 Å². The molecular weight excluding hydrogens is 160 g/mol. The van der Waals surface area contributed by atoms with Gasteiger partial charge >= 0.3 is 0 Å². The van der Waals surface area contributed by atoms with Crippen molar-refractivity contribution in [3.8, 4) is 0 Å². The van der Waals surface area contributed by atoms with Crippen LogP contribution in [0.15, 0.2) is 12.2 Å². The van der Waals surface area contributed by atoms with Crippen LogP contribution in [0.5, 0.6) is 0 Å². The van der Waals surface area contributed by atoms with Crippen molar-refractivity contribution in [2.24, 2.45) is 23.7 Å². The van der Waals surface area contributed by atoms with E-state index in [1.807, 2.05) is 0 Å². The van der Waals surface area contributed by atoms with Gasteiger partial charge in [0, 0.05) is 12.3 Å². The molecule has 0 aromatic rings. The molecule has 0 unspecified atom stereocenters. The van der Waals surface area contributed by atoms with Gasteiger partial charge in [-0.05, 0) is 30.6 Å². The highest BCUT2D eigenvalue weighted by Gasteiger charge is 2.39. The van der Waals surface area contributed by atoms with Gasteiger partial charge in [0.1, 0.15) is 5.78 Å². The van der Waals surface area contributed by atoms with E-state index in [1.165, 1.54) is 0 Å². The van der Waals surface area contributed by atoms with Crippen LogP contribution in [0.3, 0.4) is 0 Å². The monoisotopic (exact) mass is 178 g/mol. The van der Waals surface area contributed by atoms with Crippen molar-refractivity contribution < 1.29 is 4.79 Å². The molecule has 2 aliphatic carbocycles. The van der Waals surface area contributed by atoms with Crippen molar-refractivity contribution >= 4 is 5.78 Å². The van der Waals surface area contributed by atoms with E-state index in [9.17, 15) is 4.79 Å². The predicted octanol–water partition coefficient (Wildman–Crippen LogP) is 2.81. The minimum atomic E-state index is 0.341. The molecule has 0 radical (unpaired) electrons. The fraction of sp³-hybridized carbons (Fsp3) is 0.750. The summed E-state index contributed by atoms with van der Waals surface area (Å²) in [5, 5.41) is 0. The summed E-state index contributed by atoms with van der Waals surface area (Å²) >= 11 is 0. The lowest BCUT2D eigenvalue weighted by molar-refractivity contribution is -0.130. The molecule has 1 heteroatoms. The van der Waals surface area contributed by atoms with E-state index in [4.69, 9.17) is 0 Å². The van der Waals surface area contributed by atoms with Gasteiger partial charge in [0.2, 0.25) is 0 Å². The minimum Gasteiger partial charge on any atom is -0.299 e. The number of ketones is 1. The van der Waals surface area contributed by atoms with E-state index in [0.717, 1.165) is 25.2 Å².